The van der Waals surface area contributed by atoms with Crippen molar-refractivity contribution in [1.29, 1.82) is 0 Å². The number of hydrogen-bond donors (Lipinski definition) is 2. The van der Waals surface area contributed by atoms with Crippen molar-refractivity contribution >= 4 is 20.2 Å². The summed E-state index contributed by atoms with van der Waals surface area (Å²) >= 11 is 1.06. The number of halogens is 6. The van der Waals surface area contributed by atoms with Gasteiger partial charge in [0, 0.05) is 0 Å². The molecule has 0 bridgehead atoms. The van der Waals surface area contributed by atoms with Crippen molar-refractivity contribution < 1.29 is 73.3 Å². The maximum atomic E-state index is 10.7. The van der Waals surface area contributed by atoms with Crippen LogP contribution in [0, 0.1) is 0 Å². The van der Waals surface area contributed by atoms with Crippen molar-refractivity contribution in [2.75, 3.05) is 0 Å². The first-order valence-corrected chi connectivity index (χ1v) is 6.21. The van der Waals surface area contributed by atoms with E-state index in [1.54, 1.807) is 0 Å². The summed E-state index contributed by atoms with van der Waals surface area (Å²) in [6.45, 7) is 0. The average Bonchev–Trinajstić information content (AvgIpc) is 2.01. The van der Waals surface area contributed by atoms with Crippen molar-refractivity contribution in [3.63, 3.8) is 0 Å². The summed E-state index contributed by atoms with van der Waals surface area (Å²) in [5.41, 5.74) is -11.1. The van der Waals surface area contributed by atoms with Gasteiger partial charge in [0.15, 0.2) is 0 Å². The molecule has 0 saturated carbocycles. The minimum atomic E-state index is -5.84. The van der Waals surface area contributed by atoms with E-state index in [2.05, 4.69) is 0 Å². The molecular weight excluding hydrogens is 365 g/mol. The second-order valence-corrected chi connectivity index (χ2v) is 4.67. The van der Waals surface area contributed by atoms with E-state index in [0.29, 0.717) is 0 Å². The molecule has 0 spiro atoms. The first kappa shape index (κ1) is 22.9. The van der Waals surface area contributed by atoms with Crippen molar-refractivity contribution in [3.05, 3.63) is 0 Å². The van der Waals surface area contributed by atoms with Gasteiger partial charge < -0.3 is 0 Å². The molecule has 7 nitrogen and oxygen atoms in total. The molecule has 0 aromatic rings. The third kappa shape index (κ3) is 10.9. The standard InChI is InChI=1S/2CHF3O3S.O.V/c2*2-1(3,4)8(5,6)7;;/h2*(H,5,6,7);;. The fourth-order valence-corrected chi connectivity index (χ4v) is 0. The molecule has 0 atom stereocenters. The van der Waals surface area contributed by atoms with Gasteiger partial charge in [-0.15, -0.1) is 0 Å². The van der Waals surface area contributed by atoms with Crippen LogP contribution < -0.4 is 0 Å². The van der Waals surface area contributed by atoms with Crippen LogP contribution >= 0.6 is 0 Å². The molecule has 0 radical (unpaired) electrons. The Balaban J connectivity index is -0.000000219. The van der Waals surface area contributed by atoms with E-state index < -0.39 is 31.3 Å². The second kappa shape index (κ2) is 7.39. The molecule has 0 unspecified atom stereocenters. The monoisotopic (exact) mass is 367 g/mol. The third-order valence-electron chi connectivity index (χ3n) is 0.585. The van der Waals surface area contributed by atoms with Crippen LogP contribution in [0.2, 0.25) is 0 Å². The molecule has 0 aromatic carbocycles. The van der Waals surface area contributed by atoms with Crippen LogP contribution in [0.25, 0.3) is 0 Å². The summed E-state index contributed by atoms with van der Waals surface area (Å²) in [5.74, 6) is 0. The van der Waals surface area contributed by atoms with Crippen LogP contribution in [0.3, 0.4) is 0 Å². The third-order valence-corrected chi connectivity index (χ3v) is 1.75. The van der Waals surface area contributed by atoms with E-state index >= 15 is 0 Å². The molecule has 0 amide bonds. The molecule has 111 valence electrons. The fraction of sp³-hybridized carbons (Fsp3) is 1.00. The number of rotatable bonds is 0. The molecule has 0 aromatic heterocycles. The first-order chi connectivity index (χ1) is 7.50. The summed E-state index contributed by atoms with van der Waals surface area (Å²) in [6, 6.07) is 0. The van der Waals surface area contributed by atoms with Crippen molar-refractivity contribution in [2.24, 2.45) is 0 Å². The predicted octanol–water partition coefficient (Wildman–Crippen LogP) is 0.667. The maximum absolute atomic E-state index is 10.7. The molecule has 0 aliphatic carbocycles. The van der Waals surface area contributed by atoms with Gasteiger partial charge in [0.2, 0.25) is 0 Å². The van der Waals surface area contributed by atoms with E-state index in [0.717, 1.165) is 17.4 Å². The van der Waals surface area contributed by atoms with Gasteiger partial charge in [-0.2, -0.15) is 43.2 Å². The van der Waals surface area contributed by atoms with E-state index in [4.69, 9.17) is 29.6 Å². The molecule has 0 saturated heterocycles. The molecule has 16 heteroatoms. The Hall–Kier alpha value is -0.216. The topological polar surface area (TPSA) is 126 Å². The van der Waals surface area contributed by atoms with Gasteiger partial charge in [-0.05, 0) is 0 Å². The Labute approximate surface area is 105 Å². The van der Waals surface area contributed by atoms with Crippen molar-refractivity contribution in [1.82, 2.24) is 0 Å². The Morgan fingerprint density at radius 3 is 0.722 bits per heavy atom. The first-order valence-electron chi connectivity index (χ1n) is 2.76. The minimum absolute atomic E-state index is 1.06. The van der Waals surface area contributed by atoms with Gasteiger partial charge in [-0.1, -0.05) is 0 Å². The summed E-state index contributed by atoms with van der Waals surface area (Å²) in [5, 5.41) is 0. The Morgan fingerprint density at radius 2 is 0.722 bits per heavy atom. The normalized spacial score (nSPS) is 12.6. The molecule has 0 heterocycles. The summed E-state index contributed by atoms with van der Waals surface area (Å²) < 4.78 is 123. The van der Waals surface area contributed by atoms with Crippen LogP contribution in [0.15, 0.2) is 0 Å². The second-order valence-electron chi connectivity index (χ2n) is 1.84. The van der Waals surface area contributed by atoms with Crippen LogP contribution in [-0.2, 0) is 41.3 Å². The molecular formula is C2H2F6O7S2V. The Kier molecular flexibility index (Phi) is 9.41. The van der Waals surface area contributed by atoms with Gasteiger partial charge in [0.1, 0.15) is 0 Å². The van der Waals surface area contributed by atoms with Gasteiger partial charge >= 0.3 is 52.3 Å². The van der Waals surface area contributed by atoms with Gasteiger partial charge in [-0.3, -0.25) is 9.11 Å². The molecule has 18 heavy (non-hydrogen) atoms. The van der Waals surface area contributed by atoms with E-state index in [1.807, 2.05) is 0 Å². The predicted molar refractivity (Wildman–Crippen MR) is 35.9 cm³/mol. The van der Waals surface area contributed by atoms with Crippen LogP contribution in [0.4, 0.5) is 26.3 Å². The van der Waals surface area contributed by atoms with Crippen molar-refractivity contribution in [2.45, 2.75) is 11.0 Å². The average molecular weight is 367 g/mol. The van der Waals surface area contributed by atoms with Gasteiger partial charge in [-0.25, -0.2) is 0 Å². The molecule has 0 rings (SSSR count). The quantitative estimate of drug-likeness (QED) is 0.366. The molecule has 0 fully saturated rings. The molecule has 0 aliphatic heterocycles. The number of alkyl halides is 6. The van der Waals surface area contributed by atoms with E-state index in [9.17, 15) is 26.3 Å². The van der Waals surface area contributed by atoms with Crippen LogP contribution in [0.5, 0.6) is 0 Å². The van der Waals surface area contributed by atoms with Crippen molar-refractivity contribution in [3.8, 4) is 0 Å². The van der Waals surface area contributed by atoms with Gasteiger partial charge in [0.25, 0.3) is 0 Å². The summed E-state index contributed by atoms with van der Waals surface area (Å²) in [4.78, 5) is 0. The zero-order valence-corrected chi connectivity index (χ0v) is 10.5. The zero-order valence-electron chi connectivity index (χ0n) is 7.47. The molecule has 0 aliphatic rings. The van der Waals surface area contributed by atoms with Gasteiger partial charge in [0.05, 0.1) is 0 Å². The Bertz CT molecular complexity index is 390. The SMILES string of the molecule is O=S(=O)(O)C(F)(F)F.O=S(=O)(O)C(F)(F)F.[O]=[V]. The van der Waals surface area contributed by atoms with E-state index in [-0.39, 0.29) is 0 Å². The zero-order chi connectivity index (χ0) is 16.0. The Morgan fingerprint density at radius 1 is 0.667 bits per heavy atom. The van der Waals surface area contributed by atoms with Crippen LogP contribution in [0.1, 0.15) is 0 Å². The van der Waals surface area contributed by atoms with E-state index in [1.165, 1.54) is 0 Å². The summed E-state index contributed by atoms with van der Waals surface area (Å²) in [7, 11) is -11.7. The van der Waals surface area contributed by atoms with Crippen LogP contribution in [-0.4, -0.2) is 37.0 Å². The summed E-state index contributed by atoms with van der Waals surface area (Å²) in [6.07, 6.45) is 0. The number of hydrogen-bond acceptors (Lipinski definition) is 5. The fourth-order valence-electron chi connectivity index (χ4n) is 0. The molecule has 2 N–H and O–H groups in total.